The van der Waals surface area contributed by atoms with Crippen molar-refractivity contribution in [3.8, 4) is 0 Å². The Hall–Kier alpha value is -0.750. The number of anilines is 1. The molecule has 1 aliphatic heterocycles. The Labute approximate surface area is 139 Å². The molecular formula is C15H22BrN3OS. The quantitative estimate of drug-likeness (QED) is 0.857. The van der Waals surface area contributed by atoms with Gasteiger partial charge in [-0.2, -0.15) is 11.8 Å². The molecule has 0 radical (unpaired) electrons. The number of carbonyl (C=O) groups excluding carboxylic acids is 1. The van der Waals surface area contributed by atoms with Gasteiger partial charge in [0.05, 0.1) is 5.56 Å². The molecule has 0 aromatic carbocycles. The highest BCUT2D eigenvalue weighted by molar-refractivity contribution is 9.10. The smallest absolute Gasteiger partial charge is 0.257 e. The number of nitrogens with one attached hydrogen (secondary N) is 1. The second kappa shape index (κ2) is 8.03. The van der Waals surface area contributed by atoms with Gasteiger partial charge in [-0.3, -0.25) is 4.79 Å². The van der Waals surface area contributed by atoms with Gasteiger partial charge in [0.2, 0.25) is 0 Å². The first-order chi connectivity index (χ1) is 10.2. The fraction of sp³-hybridized carbons (Fsp3) is 0.600. The van der Waals surface area contributed by atoms with Crippen molar-refractivity contribution in [3.63, 3.8) is 0 Å². The van der Waals surface area contributed by atoms with Gasteiger partial charge in [-0.1, -0.05) is 13.8 Å². The maximum absolute atomic E-state index is 12.8. The van der Waals surface area contributed by atoms with E-state index < -0.39 is 0 Å². The van der Waals surface area contributed by atoms with Crippen LogP contribution in [0.15, 0.2) is 16.7 Å². The molecule has 1 aromatic heterocycles. The van der Waals surface area contributed by atoms with Crippen molar-refractivity contribution in [3.05, 3.63) is 22.3 Å². The van der Waals surface area contributed by atoms with E-state index >= 15 is 0 Å². The predicted octanol–water partition coefficient (Wildman–Crippen LogP) is 3.63. The van der Waals surface area contributed by atoms with E-state index in [-0.39, 0.29) is 5.91 Å². The number of thioether (sulfide) groups is 1. The Kier molecular flexibility index (Phi) is 6.36. The zero-order valence-electron chi connectivity index (χ0n) is 12.6. The van der Waals surface area contributed by atoms with Crippen LogP contribution in [0.2, 0.25) is 0 Å². The van der Waals surface area contributed by atoms with Crippen molar-refractivity contribution >= 4 is 39.4 Å². The number of halogens is 1. The van der Waals surface area contributed by atoms with Crippen LogP contribution >= 0.6 is 27.7 Å². The highest BCUT2D eigenvalue weighted by atomic mass is 79.9. The van der Waals surface area contributed by atoms with Gasteiger partial charge in [-0.25, -0.2) is 4.98 Å². The number of pyridine rings is 1. The maximum Gasteiger partial charge on any atom is 0.257 e. The average Bonchev–Trinajstić information content (AvgIpc) is 2.53. The summed E-state index contributed by atoms with van der Waals surface area (Å²) in [5.41, 5.74) is 0.666. The van der Waals surface area contributed by atoms with Crippen LogP contribution in [0.3, 0.4) is 0 Å². The fourth-order valence-corrected chi connectivity index (χ4v) is 3.82. The number of hydrogen-bond donors (Lipinski definition) is 1. The summed E-state index contributed by atoms with van der Waals surface area (Å²) < 4.78 is 0.839. The lowest BCUT2D eigenvalue weighted by atomic mass is 10.2. The second-order valence-electron chi connectivity index (χ2n) is 5.13. The van der Waals surface area contributed by atoms with Gasteiger partial charge in [0.15, 0.2) is 0 Å². The van der Waals surface area contributed by atoms with Gasteiger partial charge in [0, 0.05) is 41.3 Å². The fourth-order valence-electron chi connectivity index (χ4n) is 2.31. The minimum absolute atomic E-state index is 0.0844. The molecule has 21 heavy (non-hydrogen) atoms. The van der Waals surface area contributed by atoms with Crippen LogP contribution in [0, 0.1) is 0 Å². The van der Waals surface area contributed by atoms with Gasteiger partial charge >= 0.3 is 0 Å². The maximum atomic E-state index is 12.8. The van der Waals surface area contributed by atoms with E-state index in [2.05, 4.69) is 40.1 Å². The summed E-state index contributed by atoms with van der Waals surface area (Å²) in [6.45, 7) is 6.75. The van der Waals surface area contributed by atoms with Crippen molar-refractivity contribution in [2.24, 2.45) is 0 Å². The highest BCUT2D eigenvalue weighted by Gasteiger charge is 2.26. The zero-order chi connectivity index (χ0) is 15.2. The lowest BCUT2D eigenvalue weighted by Gasteiger charge is -2.32. The second-order valence-corrected chi connectivity index (χ2v) is 7.45. The van der Waals surface area contributed by atoms with E-state index in [1.54, 1.807) is 6.20 Å². The molecule has 1 saturated heterocycles. The molecule has 1 unspecified atom stereocenters. The van der Waals surface area contributed by atoms with Gasteiger partial charge in [0.1, 0.15) is 5.82 Å². The number of nitrogens with zero attached hydrogens (tertiary/aromatic N) is 2. The van der Waals surface area contributed by atoms with Gasteiger partial charge < -0.3 is 10.2 Å². The Balaban J connectivity index is 2.18. The third-order valence-corrected chi connectivity index (χ3v) is 5.31. The Morgan fingerprint density at radius 3 is 3.10 bits per heavy atom. The summed E-state index contributed by atoms with van der Waals surface area (Å²) in [5, 5.41) is 3.80. The summed E-state index contributed by atoms with van der Waals surface area (Å²) in [5.74, 6) is 1.79. The molecule has 116 valence electrons. The summed E-state index contributed by atoms with van der Waals surface area (Å²) in [4.78, 5) is 19.1. The molecule has 1 atom stereocenters. The third kappa shape index (κ3) is 4.36. The predicted molar refractivity (Wildman–Crippen MR) is 93.2 cm³/mol. The minimum atomic E-state index is 0.0844. The molecule has 6 heteroatoms. The molecule has 0 spiro atoms. The Bertz CT molecular complexity index is 498. The third-order valence-electron chi connectivity index (χ3n) is 3.51. The largest absolute Gasteiger partial charge is 0.369 e. The van der Waals surface area contributed by atoms with E-state index in [9.17, 15) is 4.79 Å². The lowest BCUT2D eigenvalue weighted by molar-refractivity contribution is 0.0761. The standard InChI is InChI=1S/C15H22BrN3OS/c1-3-5-17-14-13(8-11(16)9-18-14)15(20)19-6-7-21-12(4-2)10-19/h8-9,12H,3-7,10H2,1-2H3,(H,17,18). The van der Waals surface area contributed by atoms with Crippen molar-refractivity contribution in [2.75, 3.05) is 30.7 Å². The molecule has 1 amide bonds. The average molecular weight is 372 g/mol. The number of rotatable bonds is 5. The first kappa shape index (κ1) is 16.6. The van der Waals surface area contributed by atoms with E-state index in [4.69, 9.17) is 0 Å². The van der Waals surface area contributed by atoms with E-state index in [0.717, 1.165) is 42.7 Å². The summed E-state index contributed by atoms with van der Waals surface area (Å²) >= 11 is 5.38. The molecule has 1 aromatic rings. The minimum Gasteiger partial charge on any atom is -0.369 e. The molecule has 1 aliphatic rings. The van der Waals surface area contributed by atoms with Crippen molar-refractivity contribution in [1.29, 1.82) is 0 Å². The summed E-state index contributed by atoms with van der Waals surface area (Å²) in [6.07, 6.45) is 3.84. The van der Waals surface area contributed by atoms with E-state index in [1.165, 1.54) is 0 Å². The summed E-state index contributed by atoms with van der Waals surface area (Å²) in [6, 6.07) is 1.87. The molecule has 2 heterocycles. The number of amides is 1. The molecule has 4 nitrogen and oxygen atoms in total. The lowest BCUT2D eigenvalue weighted by Crippen LogP contribution is -2.42. The van der Waals surface area contributed by atoms with Gasteiger partial charge in [-0.15, -0.1) is 0 Å². The van der Waals surface area contributed by atoms with E-state index in [0.29, 0.717) is 16.6 Å². The first-order valence-electron chi connectivity index (χ1n) is 7.46. The number of aromatic nitrogens is 1. The Morgan fingerprint density at radius 1 is 1.57 bits per heavy atom. The highest BCUT2D eigenvalue weighted by Crippen LogP contribution is 2.25. The molecule has 2 rings (SSSR count). The number of carbonyl (C=O) groups is 1. The van der Waals surface area contributed by atoms with Crippen molar-refractivity contribution in [1.82, 2.24) is 9.88 Å². The summed E-state index contributed by atoms with van der Waals surface area (Å²) in [7, 11) is 0. The molecule has 0 bridgehead atoms. The molecule has 1 fully saturated rings. The van der Waals surface area contributed by atoms with Crippen LogP contribution in [0.4, 0.5) is 5.82 Å². The van der Waals surface area contributed by atoms with Crippen LogP contribution in [-0.2, 0) is 0 Å². The Morgan fingerprint density at radius 2 is 2.38 bits per heavy atom. The SMILES string of the molecule is CCCNc1ncc(Br)cc1C(=O)N1CCSC(CC)C1. The molecule has 0 aliphatic carbocycles. The topological polar surface area (TPSA) is 45.2 Å². The van der Waals surface area contributed by atoms with Crippen molar-refractivity contribution in [2.45, 2.75) is 31.9 Å². The molecule has 1 N–H and O–H groups in total. The van der Waals surface area contributed by atoms with Crippen LogP contribution in [0.25, 0.3) is 0 Å². The van der Waals surface area contributed by atoms with Crippen LogP contribution < -0.4 is 5.32 Å². The first-order valence-corrected chi connectivity index (χ1v) is 9.30. The molecule has 0 saturated carbocycles. The van der Waals surface area contributed by atoms with Crippen LogP contribution in [0.1, 0.15) is 37.0 Å². The monoisotopic (exact) mass is 371 g/mol. The molecular weight excluding hydrogens is 350 g/mol. The van der Waals surface area contributed by atoms with Crippen molar-refractivity contribution < 1.29 is 4.79 Å². The van der Waals surface area contributed by atoms with Crippen LogP contribution in [-0.4, -0.2) is 46.4 Å². The van der Waals surface area contributed by atoms with Gasteiger partial charge in [-0.05, 0) is 34.8 Å². The van der Waals surface area contributed by atoms with Crippen LogP contribution in [0.5, 0.6) is 0 Å². The van der Waals surface area contributed by atoms with Gasteiger partial charge in [0.25, 0.3) is 5.91 Å². The zero-order valence-corrected chi connectivity index (χ0v) is 15.0. The normalized spacial score (nSPS) is 18.6. The number of hydrogen-bond acceptors (Lipinski definition) is 4. The van der Waals surface area contributed by atoms with E-state index in [1.807, 2.05) is 22.7 Å².